The maximum atomic E-state index is 12.5. The van der Waals surface area contributed by atoms with Gasteiger partial charge in [-0.05, 0) is 63.5 Å². The van der Waals surface area contributed by atoms with Crippen LogP contribution in [0.3, 0.4) is 0 Å². The summed E-state index contributed by atoms with van der Waals surface area (Å²) in [7, 11) is 0. The molecule has 4 rings (SSSR count). The third kappa shape index (κ3) is 4.19. The molecule has 0 radical (unpaired) electrons. The van der Waals surface area contributed by atoms with Crippen LogP contribution in [0.2, 0.25) is 0 Å². The van der Waals surface area contributed by atoms with Crippen molar-refractivity contribution in [3.8, 4) is 0 Å². The molecule has 1 aromatic rings. The summed E-state index contributed by atoms with van der Waals surface area (Å²) >= 11 is 0. The monoisotopic (exact) mass is 372 g/mol. The number of likely N-dealkylation sites (tertiary alicyclic amines) is 1. The molecule has 1 amide bonds. The minimum atomic E-state index is -0.0264. The molecule has 1 saturated carbocycles. The maximum absolute atomic E-state index is 12.5. The number of rotatable bonds is 6. The Kier molecular flexibility index (Phi) is 5.79. The molecule has 0 unspecified atom stereocenters. The standard InChI is InChI=1S/C22H32N2O3/c1-17-4-2-7-20(23-17)16-26-14-8-19-9-15-27-22(19)10-12-24(13-11-22)21(25)18-5-3-6-18/h2,4,7,18-19H,3,5-6,8-16H2,1H3/t19-/m0/s1. The van der Waals surface area contributed by atoms with Gasteiger partial charge in [-0.15, -0.1) is 0 Å². The molecule has 0 N–H and O–H groups in total. The number of pyridine rings is 1. The van der Waals surface area contributed by atoms with Crippen molar-refractivity contribution in [1.29, 1.82) is 0 Å². The van der Waals surface area contributed by atoms with Crippen LogP contribution in [0.25, 0.3) is 0 Å². The third-order valence-electron chi connectivity index (χ3n) is 6.78. The van der Waals surface area contributed by atoms with Gasteiger partial charge < -0.3 is 14.4 Å². The van der Waals surface area contributed by atoms with Crippen molar-refractivity contribution in [2.75, 3.05) is 26.3 Å². The minimum absolute atomic E-state index is 0.0264. The number of hydrogen-bond donors (Lipinski definition) is 0. The summed E-state index contributed by atoms with van der Waals surface area (Å²) in [4.78, 5) is 19.1. The van der Waals surface area contributed by atoms with Gasteiger partial charge in [-0.3, -0.25) is 9.78 Å². The molecule has 3 fully saturated rings. The molecule has 2 saturated heterocycles. The zero-order chi connectivity index (χ0) is 18.7. The summed E-state index contributed by atoms with van der Waals surface area (Å²) in [6.07, 6.45) is 7.51. The van der Waals surface area contributed by atoms with Crippen LogP contribution >= 0.6 is 0 Å². The second-order valence-electron chi connectivity index (χ2n) is 8.46. The number of aryl methyl sites for hydroxylation is 1. The van der Waals surface area contributed by atoms with Gasteiger partial charge in [0.05, 0.1) is 17.9 Å². The van der Waals surface area contributed by atoms with Crippen molar-refractivity contribution in [3.05, 3.63) is 29.6 Å². The summed E-state index contributed by atoms with van der Waals surface area (Å²) in [5.41, 5.74) is 2.00. The van der Waals surface area contributed by atoms with E-state index in [0.29, 0.717) is 24.3 Å². The summed E-state index contributed by atoms with van der Waals surface area (Å²) < 4.78 is 12.1. The lowest BCUT2D eigenvalue weighted by atomic mass is 9.77. The maximum Gasteiger partial charge on any atom is 0.225 e. The zero-order valence-corrected chi connectivity index (χ0v) is 16.5. The molecule has 1 atom stereocenters. The molecular weight excluding hydrogens is 340 g/mol. The Labute approximate surface area is 162 Å². The molecule has 3 aliphatic rings. The van der Waals surface area contributed by atoms with Crippen molar-refractivity contribution in [3.63, 3.8) is 0 Å². The fourth-order valence-electron chi connectivity index (χ4n) is 4.85. The van der Waals surface area contributed by atoms with Crippen LogP contribution in [0.15, 0.2) is 18.2 Å². The lowest BCUT2D eigenvalue weighted by Gasteiger charge is -2.43. The largest absolute Gasteiger partial charge is 0.375 e. The summed E-state index contributed by atoms with van der Waals surface area (Å²) in [6, 6.07) is 6.05. The van der Waals surface area contributed by atoms with Gasteiger partial charge >= 0.3 is 0 Å². The van der Waals surface area contributed by atoms with E-state index < -0.39 is 0 Å². The molecule has 1 spiro atoms. The van der Waals surface area contributed by atoms with Gasteiger partial charge in [0.2, 0.25) is 5.91 Å². The smallest absolute Gasteiger partial charge is 0.225 e. The topological polar surface area (TPSA) is 51.7 Å². The fourth-order valence-corrected chi connectivity index (χ4v) is 4.85. The third-order valence-corrected chi connectivity index (χ3v) is 6.78. The zero-order valence-electron chi connectivity index (χ0n) is 16.5. The molecule has 148 valence electrons. The Morgan fingerprint density at radius 3 is 2.81 bits per heavy atom. The highest BCUT2D eigenvalue weighted by Gasteiger charge is 2.47. The molecule has 2 aliphatic heterocycles. The normalized spacial score (nSPS) is 24.9. The number of carbonyl (C=O) groups excluding carboxylic acids is 1. The first kappa shape index (κ1) is 18.9. The Morgan fingerprint density at radius 1 is 1.30 bits per heavy atom. The Hall–Kier alpha value is -1.46. The number of nitrogens with zero attached hydrogens (tertiary/aromatic N) is 2. The van der Waals surface area contributed by atoms with Crippen LogP contribution in [0.4, 0.5) is 0 Å². The first-order valence-corrected chi connectivity index (χ1v) is 10.6. The van der Waals surface area contributed by atoms with E-state index in [1.165, 1.54) is 6.42 Å². The Bertz CT molecular complexity index is 651. The summed E-state index contributed by atoms with van der Waals surface area (Å²) in [6.45, 7) is 5.90. The number of aromatic nitrogens is 1. The van der Waals surface area contributed by atoms with E-state index in [-0.39, 0.29) is 5.60 Å². The summed E-state index contributed by atoms with van der Waals surface area (Å²) in [5.74, 6) is 1.24. The van der Waals surface area contributed by atoms with E-state index in [1.807, 2.05) is 25.1 Å². The average Bonchev–Trinajstić information content (AvgIpc) is 3.00. The van der Waals surface area contributed by atoms with E-state index in [1.54, 1.807) is 0 Å². The Morgan fingerprint density at radius 2 is 2.11 bits per heavy atom. The predicted octanol–water partition coefficient (Wildman–Crippen LogP) is 3.49. The first-order chi connectivity index (χ1) is 13.2. The van der Waals surface area contributed by atoms with Crippen molar-refractivity contribution in [2.45, 2.75) is 64.1 Å². The second kappa shape index (κ2) is 8.27. The van der Waals surface area contributed by atoms with Crippen LogP contribution in [0.1, 0.15) is 56.3 Å². The quantitative estimate of drug-likeness (QED) is 0.717. The number of ether oxygens (including phenoxy) is 2. The molecule has 27 heavy (non-hydrogen) atoms. The molecule has 5 heteroatoms. The predicted molar refractivity (Wildman–Crippen MR) is 103 cm³/mol. The number of hydrogen-bond acceptors (Lipinski definition) is 4. The van der Waals surface area contributed by atoms with Crippen LogP contribution in [-0.4, -0.2) is 47.7 Å². The highest BCUT2D eigenvalue weighted by atomic mass is 16.5. The van der Waals surface area contributed by atoms with E-state index in [0.717, 1.165) is 76.2 Å². The lowest BCUT2D eigenvalue weighted by molar-refractivity contribution is -0.144. The van der Waals surface area contributed by atoms with Gasteiger partial charge in [-0.2, -0.15) is 0 Å². The van der Waals surface area contributed by atoms with Crippen molar-refractivity contribution < 1.29 is 14.3 Å². The van der Waals surface area contributed by atoms with Crippen LogP contribution in [-0.2, 0) is 20.9 Å². The molecular formula is C22H32N2O3. The molecule has 5 nitrogen and oxygen atoms in total. The van der Waals surface area contributed by atoms with Gasteiger partial charge in [-0.1, -0.05) is 12.5 Å². The van der Waals surface area contributed by atoms with Crippen molar-refractivity contribution >= 4 is 5.91 Å². The number of piperidine rings is 1. The first-order valence-electron chi connectivity index (χ1n) is 10.6. The van der Waals surface area contributed by atoms with Crippen LogP contribution < -0.4 is 0 Å². The average molecular weight is 373 g/mol. The van der Waals surface area contributed by atoms with E-state index in [4.69, 9.17) is 9.47 Å². The number of carbonyl (C=O) groups is 1. The van der Waals surface area contributed by atoms with E-state index >= 15 is 0 Å². The fraction of sp³-hybridized carbons (Fsp3) is 0.727. The van der Waals surface area contributed by atoms with Gasteiger partial charge in [-0.25, -0.2) is 0 Å². The SMILES string of the molecule is Cc1cccc(COCC[C@H]2CCOC23CCN(C(=O)C2CCC2)CC3)n1. The van der Waals surface area contributed by atoms with Crippen LogP contribution in [0.5, 0.6) is 0 Å². The Balaban J connectivity index is 1.23. The van der Waals surface area contributed by atoms with Gasteiger partial charge in [0.15, 0.2) is 0 Å². The summed E-state index contributed by atoms with van der Waals surface area (Å²) in [5, 5.41) is 0. The van der Waals surface area contributed by atoms with Crippen LogP contribution in [0, 0.1) is 18.8 Å². The van der Waals surface area contributed by atoms with Crippen molar-refractivity contribution in [1.82, 2.24) is 9.88 Å². The second-order valence-corrected chi connectivity index (χ2v) is 8.46. The molecule has 1 aromatic heterocycles. The lowest BCUT2D eigenvalue weighted by Crippen LogP contribution is -2.51. The number of amides is 1. The highest BCUT2D eigenvalue weighted by Crippen LogP contribution is 2.43. The molecule has 0 aromatic carbocycles. The minimum Gasteiger partial charge on any atom is -0.375 e. The van der Waals surface area contributed by atoms with Gasteiger partial charge in [0.1, 0.15) is 0 Å². The van der Waals surface area contributed by atoms with Crippen molar-refractivity contribution in [2.24, 2.45) is 11.8 Å². The molecule has 3 heterocycles. The van der Waals surface area contributed by atoms with Gasteiger partial charge in [0.25, 0.3) is 0 Å². The van der Waals surface area contributed by atoms with E-state index in [2.05, 4.69) is 9.88 Å². The highest BCUT2D eigenvalue weighted by molar-refractivity contribution is 5.79. The van der Waals surface area contributed by atoms with E-state index in [9.17, 15) is 4.79 Å². The molecule has 1 aliphatic carbocycles. The van der Waals surface area contributed by atoms with Gasteiger partial charge in [0, 0.05) is 37.9 Å². The molecule has 0 bridgehead atoms.